The zero-order chi connectivity index (χ0) is 22.8. The van der Waals surface area contributed by atoms with Crippen molar-refractivity contribution in [1.29, 1.82) is 0 Å². The van der Waals surface area contributed by atoms with Crippen molar-refractivity contribution in [1.82, 2.24) is 14.9 Å². The molecule has 3 aromatic rings. The molecule has 0 aliphatic carbocycles. The number of methoxy groups -OCH3 is 2. The largest absolute Gasteiger partial charge is 0.494 e. The minimum Gasteiger partial charge on any atom is -0.494 e. The molecule has 3 N–H and O–H groups in total. The lowest BCUT2D eigenvalue weighted by Crippen LogP contribution is -2.38. The maximum Gasteiger partial charge on any atom is 0.335 e. The summed E-state index contributed by atoms with van der Waals surface area (Å²) in [6.45, 7) is 2.77. The van der Waals surface area contributed by atoms with Gasteiger partial charge in [0.1, 0.15) is 5.75 Å². The number of aromatic nitrogens is 2. The Bertz CT molecular complexity index is 1260. The molecule has 2 aromatic carbocycles. The SMILES string of the molecule is CCOc1ccccc1-n1c(O)c(C2NCCc3cc(OC)c(OC)cc32)c(=O)[nH]c1=O. The summed E-state index contributed by atoms with van der Waals surface area (Å²) >= 11 is 0. The lowest BCUT2D eigenvalue weighted by atomic mass is 9.90. The van der Waals surface area contributed by atoms with Gasteiger partial charge in [0, 0.05) is 6.54 Å². The van der Waals surface area contributed by atoms with Gasteiger partial charge in [-0.3, -0.25) is 9.78 Å². The van der Waals surface area contributed by atoms with Crippen molar-refractivity contribution in [3.8, 4) is 28.8 Å². The van der Waals surface area contributed by atoms with E-state index in [9.17, 15) is 14.7 Å². The number of hydrogen-bond acceptors (Lipinski definition) is 7. The predicted octanol–water partition coefficient (Wildman–Crippen LogP) is 1.88. The molecule has 2 heterocycles. The Morgan fingerprint density at radius 2 is 1.81 bits per heavy atom. The number of nitrogens with zero attached hydrogens (tertiary/aromatic N) is 1. The number of fused-ring (bicyclic) bond motifs is 1. The minimum atomic E-state index is -0.758. The van der Waals surface area contributed by atoms with Crippen molar-refractivity contribution in [2.24, 2.45) is 0 Å². The summed E-state index contributed by atoms with van der Waals surface area (Å²) in [6, 6.07) is 9.82. The number of H-pyrrole nitrogens is 1. The zero-order valence-corrected chi connectivity index (χ0v) is 18.1. The number of para-hydroxylation sites is 2. The van der Waals surface area contributed by atoms with E-state index in [1.807, 2.05) is 13.0 Å². The molecule has 1 aromatic heterocycles. The first-order chi connectivity index (χ1) is 15.5. The fraction of sp³-hybridized carbons (Fsp3) is 0.304. The first-order valence-electron chi connectivity index (χ1n) is 10.3. The highest BCUT2D eigenvalue weighted by molar-refractivity contribution is 5.54. The molecular formula is C23H25N3O6. The average Bonchev–Trinajstić information content (AvgIpc) is 2.79. The van der Waals surface area contributed by atoms with Crippen molar-refractivity contribution in [2.75, 3.05) is 27.4 Å². The van der Waals surface area contributed by atoms with E-state index in [2.05, 4.69) is 10.3 Å². The van der Waals surface area contributed by atoms with Gasteiger partial charge in [-0.2, -0.15) is 0 Å². The lowest BCUT2D eigenvalue weighted by Gasteiger charge is -2.28. The fourth-order valence-electron chi connectivity index (χ4n) is 4.08. The molecular weight excluding hydrogens is 414 g/mol. The Morgan fingerprint density at radius 3 is 2.53 bits per heavy atom. The third-order valence-corrected chi connectivity index (χ3v) is 5.51. The topological polar surface area (TPSA) is 115 Å². The minimum absolute atomic E-state index is 0.0315. The molecule has 9 heteroatoms. The molecule has 32 heavy (non-hydrogen) atoms. The van der Waals surface area contributed by atoms with E-state index in [4.69, 9.17) is 14.2 Å². The summed E-state index contributed by atoms with van der Waals surface area (Å²) in [7, 11) is 3.09. The molecule has 4 rings (SSSR count). The van der Waals surface area contributed by atoms with Crippen LogP contribution in [0, 0.1) is 0 Å². The number of aromatic amines is 1. The van der Waals surface area contributed by atoms with Gasteiger partial charge in [0.25, 0.3) is 5.56 Å². The Balaban J connectivity index is 1.94. The van der Waals surface area contributed by atoms with Crippen LogP contribution in [0.1, 0.15) is 29.7 Å². The molecule has 0 spiro atoms. The highest BCUT2D eigenvalue weighted by atomic mass is 16.5. The van der Waals surface area contributed by atoms with Crippen LogP contribution >= 0.6 is 0 Å². The van der Waals surface area contributed by atoms with Gasteiger partial charge in [-0.1, -0.05) is 12.1 Å². The van der Waals surface area contributed by atoms with E-state index in [-0.39, 0.29) is 5.56 Å². The molecule has 168 valence electrons. The number of rotatable bonds is 6. The second-order valence-electron chi connectivity index (χ2n) is 7.28. The number of benzene rings is 2. The summed E-state index contributed by atoms with van der Waals surface area (Å²) in [6.07, 6.45) is 0.706. The van der Waals surface area contributed by atoms with Gasteiger partial charge in [-0.15, -0.1) is 0 Å². The fourth-order valence-corrected chi connectivity index (χ4v) is 4.08. The normalized spacial score (nSPS) is 15.2. The average molecular weight is 439 g/mol. The summed E-state index contributed by atoms with van der Waals surface area (Å²) in [5.41, 5.74) is 0.655. The van der Waals surface area contributed by atoms with E-state index in [0.29, 0.717) is 42.5 Å². The Labute approximate surface area is 184 Å². The number of aromatic hydroxyl groups is 1. The van der Waals surface area contributed by atoms with Crippen LogP contribution in [-0.2, 0) is 6.42 Å². The molecule has 1 aliphatic rings. The smallest absolute Gasteiger partial charge is 0.335 e. The van der Waals surface area contributed by atoms with Gasteiger partial charge in [0.15, 0.2) is 11.5 Å². The molecule has 0 amide bonds. The van der Waals surface area contributed by atoms with Crippen molar-refractivity contribution in [3.05, 3.63) is 73.9 Å². The van der Waals surface area contributed by atoms with Crippen molar-refractivity contribution >= 4 is 0 Å². The number of nitrogens with one attached hydrogen (secondary N) is 2. The van der Waals surface area contributed by atoms with Gasteiger partial charge in [-0.05, 0) is 48.7 Å². The molecule has 0 fully saturated rings. The number of ether oxygens (including phenoxy) is 3. The maximum absolute atomic E-state index is 12.9. The molecule has 0 saturated heterocycles. The van der Waals surface area contributed by atoms with Gasteiger partial charge in [-0.25, -0.2) is 9.36 Å². The highest BCUT2D eigenvalue weighted by Gasteiger charge is 2.30. The van der Waals surface area contributed by atoms with E-state index >= 15 is 0 Å². The quantitative estimate of drug-likeness (QED) is 0.537. The highest BCUT2D eigenvalue weighted by Crippen LogP contribution is 2.38. The van der Waals surface area contributed by atoms with Crippen LogP contribution in [0.5, 0.6) is 23.1 Å². The van der Waals surface area contributed by atoms with Crippen LogP contribution in [0.25, 0.3) is 5.69 Å². The molecule has 1 aliphatic heterocycles. The Kier molecular flexibility index (Phi) is 5.91. The van der Waals surface area contributed by atoms with E-state index in [1.54, 1.807) is 37.4 Å². The molecule has 0 bridgehead atoms. The lowest BCUT2D eigenvalue weighted by molar-refractivity contribution is 0.336. The first kappa shape index (κ1) is 21.5. The van der Waals surface area contributed by atoms with E-state index in [1.165, 1.54) is 7.11 Å². The second kappa shape index (κ2) is 8.80. The van der Waals surface area contributed by atoms with Crippen LogP contribution in [-0.4, -0.2) is 42.0 Å². The summed E-state index contributed by atoms with van der Waals surface area (Å²) < 4.78 is 17.5. The van der Waals surface area contributed by atoms with Crippen LogP contribution < -0.4 is 30.8 Å². The predicted molar refractivity (Wildman–Crippen MR) is 119 cm³/mol. The Hall–Kier alpha value is -3.72. The maximum atomic E-state index is 12.9. The van der Waals surface area contributed by atoms with Crippen molar-refractivity contribution < 1.29 is 19.3 Å². The zero-order valence-electron chi connectivity index (χ0n) is 18.1. The van der Waals surface area contributed by atoms with Gasteiger partial charge < -0.3 is 24.6 Å². The van der Waals surface area contributed by atoms with Gasteiger partial charge in [0.05, 0.1) is 38.1 Å². The van der Waals surface area contributed by atoms with E-state index in [0.717, 1.165) is 15.7 Å². The molecule has 0 saturated carbocycles. The standard InChI is InChI=1S/C23H25N3O6/c1-4-32-16-8-6-5-7-15(16)26-22(28)19(21(27)25-23(26)29)20-14-12-18(31-3)17(30-2)11-13(14)9-10-24-20/h5-8,11-12,20,24,28H,4,9-10H2,1-3H3,(H,25,27,29). The van der Waals surface area contributed by atoms with Crippen LogP contribution in [0.15, 0.2) is 46.0 Å². The molecule has 0 radical (unpaired) electrons. The van der Waals surface area contributed by atoms with Crippen LogP contribution in [0.3, 0.4) is 0 Å². The Morgan fingerprint density at radius 1 is 1.09 bits per heavy atom. The third-order valence-electron chi connectivity index (χ3n) is 5.51. The summed E-state index contributed by atoms with van der Waals surface area (Å²) in [4.78, 5) is 27.9. The van der Waals surface area contributed by atoms with Gasteiger partial charge in [0.2, 0.25) is 5.88 Å². The molecule has 9 nitrogen and oxygen atoms in total. The number of hydrogen-bond donors (Lipinski definition) is 3. The summed E-state index contributed by atoms with van der Waals surface area (Å²) in [5, 5.41) is 14.5. The van der Waals surface area contributed by atoms with Crippen LogP contribution in [0.2, 0.25) is 0 Å². The summed E-state index contributed by atoms with van der Waals surface area (Å²) in [5.74, 6) is 1.05. The van der Waals surface area contributed by atoms with Crippen molar-refractivity contribution in [2.45, 2.75) is 19.4 Å². The van der Waals surface area contributed by atoms with Gasteiger partial charge >= 0.3 is 5.69 Å². The third kappa shape index (κ3) is 3.60. The molecule has 1 atom stereocenters. The van der Waals surface area contributed by atoms with E-state index < -0.39 is 23.2 Å². The van der Waals surface area contributed by atoms with Crippen molar-refractivity contribution in [3.63, 3.8) is 0 Å². The first-order valence-corrected chi connectivity index (χ1v) is 10.3. The molecule has 1 unspecified atom stereocenters. The monoisotopic (exact) mass is 439 g/mol. The second-order valence-corrected chi connectivity index (χ2v) is 7.28. The van der Waals surface area contributed by atoms with Crippen LogP contribution in [0.4, 0.5) is 0 Å².